The van der Waals surface area contributed by atoms with Crippen LogP contribution in [0.15, 0.2) is 24.3 Å². The summed E-state index contributed by atoms with van der Waals surface area (Å²) in [5.41, 5.74) is -0.784. The van der Waals surface area contributed by atoms with Gasteiger partial charge in [0.1, 0.15) is 6.61 Å². The Kier molecular flexibility index (Phi) is 6.61. The second kappa shape index (κ2) is 8.40. The fourth-order valence-electron chi connectivity index (χ4n) is 3.31. The first-order valence-electron chi connectivity index (χ1n) is 9.30. The molecule has 0 saturated carbocycles. The lowest BCUT2D eigenvalue weighted by atomic mass is 9.79. The smallest absolute Gasteiger partial charge is 0.412 e. The van der Waals surface area contributed by atoms with Crippen LogP contribution in [-0.4, -0.2) is 43.5 Å². The highest BCUT2D eigenvalue weighted by Gasteiger charge is 2.53. The van der Waals surface area contributed by atoms with Gasteiger partial charge in [0.05, 0.1) is 4.92 Å². The second-order valence-corrected chi connectivity index (χ2v) is 10.8. The van der Waals surface area contributed by atoms with Crippen LogP contribution >= 0.6 is 0 Å². The van der Waals surface area contributed by atoms with Gasteiger partial charge in [0.15, 0.2) is 21.1 Å². The van der Waals surface area contributed by atoms with E-state index in [-0.39, 0.29) is 23.6 Å². The van der Waals surface area contributed by atoms with Crippen LogP contribution in [0.5, 0.6) is 0 Å². The zero-order valence-corrected chi connectivity index (χ0v) is 18.2. The molecule has 28 heavy (non-hydrogen) atoms. The number of rotatable bonds is 6. The number of likely N-dealkylation sites (tertiary alicyclic amines) is 1. The molecule has 1 saturated heterocycles. The summed E-state index contributed by atoms with van der Waals surface area (Å²) in [6, 6.07) is 5.80. The first-order chi connectivity index (χ1) is 13.0. The highest BCUT2D eigenvalue weighted by molar-refractivity contribution is 6.48. The summed E-state index contributed by atoms with van der Waals surface area (Å²) in [4.78, 5) is 36.4. The topological polar surface area (TPSA) is 99.0 Å². The van der Waals surface area contributed by atoms with E-state index >= 15 is 0 Å². The van der Waals surface area contributed by atoms with Gasteiger partial charge in [-0.25, -0.2) is 4.79 Å². The molecule has 1 aromatic rings. The molecule has 0 bridgehead atoms. The molecule has 1 aliphatic rings. The minimum atomic E-state index is -1.61. The van der Waals surface area contributed by atoms with E-state index < -0.39 is 25.8 Å². The third kappa shape index (κ3) is 4.96. The lowest BCUT2D eigenvalue weighted by Gasteiger charge is -2.34. The number of benzene rings is 1. The Morgan fingerprint density at radius 3 is 2.43 bits per heavy atom. The second-order valence-electron chi connectivity index (χ2n) is 8.49. The maximum Gasteiger partial charge on any atom is 0.412 e. The maximum atomic E-state index is 12.8. The van der Waals surface area contributed by atoms with Crippen LogP contribution in [0.2, 0.25) is 13.1 Å². The molecular formula is C19H28N2O6Si. The fourth-order valence-corrected chi connectivity index (χ4v) is 4.40. The molecule has 1 heterocycles. The third-order valence-corrected chi connectivity index (χ3v) is 5.86. The van der Waals surface area contributed by atoms with Crippen LogP contribution in [0.4, 0.5) is 10.5 Å². The first-order valence-corrected chi connectivity index (χ1v) is 12.1. The van der Waals surface area contributed by atoms with Crippen LogP contribution in [0, 0.1) is 21.4 Å². The molecule has 154 valence electrons. The van der Waals surface area contributed by atoms with E-state index in [1.54, 1.807) is 0 Å². The zero-order chi connectivity index (χ0) is 21.1. The molecule has 2 atom stereocenters. The number of carbonyl (C=O) groups excluding carboxylic acids is 2. The Bertz CT molecular complexity index is 731. The number of nitro benzene ring substituents is 1. The van der Waals surface area contributed by atoms with Gasteiger partial charge in [-0.1, -0.05) is 20.8 Å². The number of nitrogens with zero attached hydrogens (tertiary/aromatic N) is 2. The summed E-state index contributed by atoms with van der Waals surface area (Å²) in [7, 11) is -1.61. The van der Waals surface area contributed by atoms with Gasteiger partial charge in [0, 0.05) is 25.1 Å². The van der Waals surface area contributed by atoms with Crippen molar-refractivity contribution in [2.24, 2.45) is 11.3 Å². The molecule has 0 aliphatic carbocycles. The number of hydrogen-bond acceptors (Lipinski definition) is 6. The van der Waals surface area contributed by atoms with E-state index in [4.69, 9.17) is 9.16 Å². The van der Waals surface area contributed by atoms with Gasteiger partial charge in [-0.3, -0.25) is 19.8 Å². The van der Waals surface area contributed by atoms with Crippen molar-refractivity contribution in [3.63, 3.8) is 0 Å². The molecule has 2 rings (SSSR count). The van der Waals surface area contributed by atoms with Gasteiger partial charge < -0.3 is 9.16 Å². The Balaban J connectivity index is 2.15. The minimum Gasteiger partial charge on any atom is -0.444 e. The lowest BCUT2D eigenvalue weighted by Crippen LogP contribution is -2.52. The maximum absolute atomic E-state index is 12.8. The van der Waals surface area contributed by atoms with Crippen molar-refractivity contribution in [2.45, 2.75) is 52.6 Å². The van der Waals surface area contributed by atoms with Gasteiger partial charge in [-0.05, 0) is 42.1 Å². The van der Waals surface area contributed by atoms with Crippen LogP contribution in [-0.2, 0) is 20.6 Å². The van der Waals surface area contributed by atoms with E-state index in [0.717, 1.165) is 6.29 Å². The largest absolute Gasteiger partial charge is 0.444 e. The molecule has 1 aliphatic heterocycles. The van der Waals surface area contributed by atoms with Crippen molar-refractivity contribution in [1.29, 1.82) is 0 Å². The molecule has 0 spiro atoms. The zero-order valence-electron chi connectivity index (χ0n) is 17.0. The molecular weight excluding hydrogens is 380 g/mol. The number of hydrogen-bond donors (Lipinski definition) is 0. The number of carbonyl (C=O) groups is 2. The summed E-state index contributed by atoms with van der Waals surface area (Å²) in [6.07, 6.45) is 0.545. The van der Waals surface area contributed by atoms with Crippen LogP contribution in [0.25, 0.3) is 0 Å². The number of nitro groups is 1. The molecule has 9 heteroatoms. The number of non-ortho nitro benzene ring substituents is 1. The Morgan fingerprint density at radius 1 is 1.36 bits per heavy atom. The van der Waals surface area contributed by atoms with E-state index in [1.165, 1.54) is 29.2 Å². The summed E-state index contributed by atoms with van der Waals surface area (Å²) < 4.78 is 11.4. The Hall–Kier alpha value is -2.26. The van der Waals surface area contributed by atoms with E-state index in [2.05, 4.69) is 20.8 Å². The van der Waals surface area contributed by atoms with Crippen molar-refractivity contribution >= 4 is 27.1 Å². The molecule has 0 N–H and O–H groups in total. The summed E-state index contributed by atoms with van der Waals surface area (Å²) in [5.74, 6) is 0.0948. The normalized spacial score (nSPS) is 22.4. The highest BCUT2D eigenvalue weighted by Crippen LogP contribution is 2.42. The van der Waals surface area contributed by atoms with Gasteiger partial charge in [-0.15, -0.1) is 0 Å². The molecule has 0 radical (unpaired) electrons. The Morgan fingerprint density at radius 2 is 1.96 bits per heavy atom. The first kappa shape index (κ1) is 22.0. The Labute approximate surface area is 166 Å². The molecule has 1 amide bonds. The van der Waals surface area contributed by atoms with E-state index in [0.29, 0.717) is 18.5 Å². The average molecular weight is 409 g/mol. The molecule has 0 aromatic heterocycles. The summed E-state index contributed by atoms with van der Waals surface area (Å²) in [6.45, 7) is 10.5. The van der Waals surface area contributed by atoms with Crippen molar-refractivity contribution in [2.75, 3.05) is 6.54 Å². The van der Waals surface area contributed by atoms with Crippen molar-refractivity contribution < 1.29 is 23.7 Å². The summed E-state index contributed by atoms with van der Waals surface area (Å²) >= 11 is 0. The van der Waals surface area contributed by atoms with E-state index in [9.17, 15) is 19.7 Å². The SMILES string of the molecule is C[SiH](C)O[C@]1(C=O)C[C@H](C(C)(C)C)CN1C(=O)OCc1ccc([N+](=O)[O-])cc1. The predicted molar refractivity (Wildman–Crippen MR) is 106 cm³/mol. The summed E-state index contributed by atoms with van der Waals surface area (Å²) in [5, 5.41) is 10.7. The van der Waals surface area contributed by atoms with Crippen molar-refractivity contribution in [3.05, 3.63) is 39.9 Å². The van der Waals surface area contributed by atoms with Crippen molar-refractivity contribution in [1.82, 2.24) is 4.90 Å². The lowest BCUT2D eigenvalue weighted by molar-refractivity contribution is -0.384. The van der Waals surface area contributed by atoms with Gasteiger partial charge in [0.25, 0.3) is 5.69 Å². The van der Waals surface area contributed by atoms with Gasteiger partial charge >= 0.3 is 6.09 Å². The van der Waals surface area contributed by atoms with Crippen LogP contribution in [0.3, 0.4) is 0 Å². The van der Waals surface area contributed by atoms with Crippen LogP contribution in [0.1, 0.15) is 32.8 Å². The molecule has 0 unspecified atom stereocenters. The fraction of sp³-hybridized carbons (Fsp3) is 0.579. The molecule has 8 nitrogen and oxygen atoms in total. The quantitative estimate of drug-likeness (QED) is 0.309. The van der Waals surface area contributed by atoms with Crippen LogP contribution < -0.4 is 0 Å². The number of ether oxygens (including phenoxy) is 1. The third-order valence-electron chi connectivity index (χ3n) is 4.98. The van der Waals surface area contributed by atoms with Crippen molar-refractivity contribution in [3.8, 4) is 0 Å². The average Bonchev–Trinajstić information content (AvgIpc) is 2.99. The number of aldehydes is 1. The standard InChI is InChI=1S/C19H28N2O6Si/c1-18(2,3)15-10-19(13-22,27-28(4)5)20(11-15)17(23)26-12-14-6-8-16(9-7-14)21(24)25/h6-9,13,15,28H,10-12H2,1-5H3/t15-,19-/m0/s1. The monoisotopic (exact) mass is 408 g/mol. The molecule has 1 aromatic carbocycles. The highest BCUT2D eigenvalue weighted by atomic mass is 28.3. The van der Waals surface area contributed by atoms with Gasteiger partial charge in [0.2, 0.25) is 0 Å². The minimum absolute atomic E-state index is 0.0297. The predicted octanol–water partition coefficient (Wildman–Crippen LogP) is 3.49. The molecule has 1 fully saturated rings. The van der Waals surface area contributed by atoms with Gasteiger partial charge in [-0.2, -0.15) is 0 Å². The van der Waals surface area contributed by atoms with E-state index in [1.807, 2.05) is 13.1 Å². The number of amides is 1.